The summed E-state index contributed by atoms with van der Waals surface area (Å²) in [4.78, 5) is 18.3. The second kappa shape index (κ2) is 9.09. The number of rotatable bonds is 5. The van der Waals surface area contributed by atoms with E-state index in [1.807, 2.05) is 36.9 Å². The monoisotopic (exact) mass is 387 g/mol. The van der Waals surface area contributed by atoms with Crippen molar-refractivity contribution in [2.45, 2.75) is 39.2 Å². The van der Waals surface area contributed by atoms with Crippen LogP contribution in [-0.4, -0.2) is 41.7 Å². The van der Waals surface area contributed by atoms with E-state index in [9.17, 15) is 4.79 Å². The molecule has 1 N–H and O–H groups in total. The van der Waals surface area contributed by atoms with E-state index in [-0.39, 0.29) is 12.1 Å². The summed E-state index contributed by atoms with van der Waals surface area (Å²) in [6, 6.07) is 7.87. The van der Waals surface area contributed by atoms with Crippen molar-refractivity contribution in [2.24, 2.45) is 0 Å². The quantitative estimate of drug-likeness (QED) is 0.838. The molecule has 1 aliphatic rings. The number of ether oxygens (including phenoxy) is 1. The Hall–Kier alpha value is -2.27. The smallest absolute Gasteiger partial charge is 0.317 e. The molecular formula is C21H26ClN3O2. The molecule has 6 heteroatoms. The fourth-order valence-electron chi connectivity index (χ4n) is 3.24. The van der Waals surface area contributed by atoms with E-state index in [2.05, 4.69) is 16.4 Å². The van der Waals surface area contributed by atoms with Gasteiger partial charge in [0, 0.05) is 55.5 Å². The second-order valence-electron chi connectivity index (χ2n) is 7.01. The Kier molecular flexibility index (Phi) is 6.56. The molecule has 2 amide bonds. The van der Waals surface area contributed by atoms with Gasteiger partial charge in [0.15, 0.2) is 0 Å². The van der Waals surface area contributed by atoms with Gasteiger partial charge in [-0.2, -0.15) is 0 Å². The number of hydrogen-bond acceptors (Lipinski definition) is 3. The van der Waals surface area contributed by atoms with Crippen LogP contribution in [0.4, 0.5) is 4.79 Å². The third-order valence-electron chi connectivity index (χ3n) is 4.90. The van der Waals surface area contributed by atoms with E-state index in [0.29, 0.717) is 19.6 Å². The van der Waals surface area contributed by atoms with E-state index in [1.54, 1.807) is 12.4 Å². The number of amides is 2. The van der Waals surface area contributed by atoms with Gasteiger partial charge in [0.25, 0.3) is 0 Å². The number of carbonyl (C=O) groups excluding carboxylic acids is 1. The maximum Gasteiger partial charge on any atom is 0.317 e. The number of aromatic nitrogens is 1. The lowest BCUT2D eigenvalue weighted by Crippen LogP contribution is -2.46. The van der Waals surface area contributed by atoms with Crippen LogP contribution >= 0.6 is 11.6 Å². The van der Waals surface area contributed by atoms with Crippen LogP contribution in [0.3, 0.4) is 0 Å². The molecule has 0 radical (unpaired) electrons. The largest absolute Gasteiger partial charge is 0.490 e. The molecule has 0 spiro atoms. The van der Waals surface area contributed by atoms with Crippen LogP contribution in [0, 0.1) is 13.8 Å². The van der Waals surface area contributed by atoms with Crippen molar-refractivity contribution in [3.8, 4) is 5.75 Å². The standard InChI is InChI=1S/C21H26ClN3O2/c1-15-13-17(3-4-19(15)22)5-10-24-21(26)25-11-7-18(8-12-25)27-20-6-9-23-14-16(20)2/h3-4,6,9,13-14,18H,5,7-8,10-12H2,1-2H3,(H,24,26). The first-order valence-corrected chi connectivity index (χ1v) is 9.76. The minimum atomic E-state index is -0.000716. The van der Waals surface area contributed by atoms with E-state index in [4.69, 9.17) is 16.3 Å². The minimum absolute atomic E-state index is 0.000716. The lowest BCUT2D eigenvalue weighted by Gasteiger charge is -2.32. The normalized spacial score (nSPS) is 14.9. The summed E-state index contributed by atoms with van der Waals surface area (Å²) in [5, 5.41) is 3.79. The van der Waals surface area contributed by atoms with Crippen molar-refractivity contribution in [1.82, 2.24) is 15.2 Å². The Morgan fingerprint density at radius 2 is 2.04 bits per heavy atom. The fraction of sp³-hybridized carbons (Fsp3) is 0.429. The maximum atomic E-state index is 12.4. The van der Waals surface area contributed by atoms with E-state index in [1.165, 1.54) is 5.56 Å². The summed E-state index contributed by atoms with van der Waals surface area (Å²) in [7, 11) is 0. The van der Waals surface area contributed by atoms with Crippen molar-refractivity contribution in [3.05, 3.63) is 58.4 Å². The predicted octanol–water partition coefficient (Wildman–Crippen LogP) is 4.15. The number of piperidine rings is 1. The zero-order valence-electron chi connectivity index (χ0n) is 15.9. The van der Waals surface area contributed by atoms with Gasteiger partial charge in [0.1, 0.15) is 11.9 Å². The van der Waals surface area contributed by atoms with Crippen molar-refractivity contribution in [1.29, 1.82) is 0 Å². The van der Waals surface area contributed by atoms with E-state index < -0.39 is 0 Å². The number of benzene rings is 1. The number of likely N-dealkylation sites (tertiary alicyclic amines) is 1. The van der Waals surface area contributed by atoms with Crippen molar-refractivity contribution in [2.75, 3.05) is 19.6 Å². The van der Waals surface area contributed by atoms with Gasteiger partial charge in [-0.3, -0.25) is 4.98 Å². The zero-order chi connectivity index (χ0) is 19.2. The molecule has 0 aliphatic carbocycles. The highest BCUT2D eigenvalue weighted by Gasteiger charge is 2.24. The molecule has 1 saturated heterocycles. The van der Waals surface area contributed by atoms with Gasteiger partial charge in [0.2, 0.25) is 0 Å². The van der Waals surface area contributed by atoms with Crippen molar-refractivity contribution in [3.63, 3.8) is 0 Å². The van der Waals surface area contributed by atoms with Gasteiger partial charge in [-0.1, -0.05) is 23.7 Å². The van der Waals surface area contributed by atoms with Crippen LogP contribution in [-0.2, 0) is 6.42 Å². The maximum absolute atomic E-state index is 12.4. The Morgan fingerprint density at radius 1 is 1.26 bits per heavy atom. The highest BCUT2D eigenvalue weighted by molar-refractivity contribution is 6.31. The number of nitrogens with one attached hydrogen (secondary N) is 1. The van der Waals surface area contributed by atoms with E-state index >= 15 is 0 Å². The fourth-order valence-corrected chi connectivity index (χ4v) is 3.35. The van der Waals surface area contributed by atoms with Crippen LogP contribution in [0.5, 0.6) is 5.75 Å². The average molecular weight is 388 g/mol. The molecule has 1 aromatic carbocycles. The molecule has 27 heavy (non-hydrogen) atoms. The molecule has 0 bridgehead atoms. The molecule has 2 heterocycles. The Balaban J connectivity index is 1.40. The van der Waals surface area contributed by atoms with Crippen molar-refractivity contribution < 1.29 is 9.53 Å². The molecule has 1 aliphatic heterocycles. The molecule has 0 unspecified atom stereocenters. The summed E-state index contributed by atoms with van der Waals surface area (Å²) in [6.07, 6.45) is 6.17. The molecule has 3 rings (SSSR count). The molecule has 2 aromatic rings. The first-order chi connectivity index (χ1) is 13.0. The third-order valence-corrected chi connectivity index (χ3v) is 5.33. The second-order valence-corrected chi connectivity index (χ2v) is 7.42. The Bertz CT molecular complexity index is 789. The average Bonchev–Trinajstić information content (AvgIpc) is 2.67. The van der Waals surface area contributed by atoms with Gasteiger partial charge < -0.3 is 15.0 Å². The summed E-state index contributed by atoms with van der Waals surface area (Å²) in [5.41, 5.74) is 3.28. The van der Waals surface area contributed by atoms with Gasteiger partial charge >= 0.3 is 6.03 Å². The highest BCUT2D eigenvalue weighted by Crippen LogP contribution is 2.21. The third kappa shape index (κ3) is 5.36. The number of nitrogens with zero attached hydrogens (tertiary/aromatic N) is 2. The lowest BCUT2D eigenvalue weighted by molar-refractivity contribution is 0.110. The molecule has 1 aromatic heterocycles. The topological polar surface area (TPSA) is 54.5 Å². The van der Waals surface area contributed by atoms with Gasteiger partial charge in [0.05, 0.1) is 0 Å². The highest BCUT2D eigenvalue weighted by atomic mass is 35.5. The number of halogens is 1. The number of carbonyl (C=O) groups is 1. The van der Waals surface area contributed by atoms with Crippen molar-refractivity contribution >= 4 is 17.6 Å². The van der Waals surface area contributed by atoms with Gasteiger partial charge in [-0.15, -0.1) is 0 Å². The summed E-state index contributed by atoms with van der Waals surface area (Å²) in [6.45, 7) is 6.02. The molecule has 5 nitrogen and oxygen atoms in total. The molecular weight excluding hydrogens is 362 g/mol. The number of hydrogen-bond donors (Lipinski definition) is 1. The van der Waals surface area contributed by atoms with Crippen LogP contribution in [0.1, 0.15) is 29.5 Å². The summed E-state index contributed by atoms with van der Waals surface area (Å²) in [5.74, 6) is 0.881. The SMILES string of the molecule is Cc1cc(CCNC(=O)N2CCC(Oc3ccncc3C)CC2)ccc1Cl. The van der Waals surface area contributed by atoms with Crippen LogP contribution in [0.2, 0.25) is 5.02 Å². The summed E-state index contributed by atoms with van der Waals surface area (Å²) >= 11 is 6.05. The molecule has 144 valence electrons. The van der Waals surface area contributed by atoms with Gasteiger partial charge in [-0.05, 0) is 43.5 Å². The Morgan fingerprint density at radius 3 is 2.74 bits per heavy atom. The molecule has 0 saturated carbocycles. The van der Waals surface area contributed by atoms with Crippen LogP contribution < -0.4 is 10.1 Å². The lowest BCUT2D eigenvalue weighted by atomic mass is 10.1. The number of pyridine rings is 1. The predicted molar refractivity (Wildman–Crippen MR) is 107 cm³/mol. The number of urea groups is 1. The Labute approximate surface area is 165 Å². The molecule has 0 atom stereocenters. The van der Waals surface area contributed by atoms with E-state index in [0.717, 1.165) is 41.2 Å². The minimum Gasteiger partial charge on any atom is -0.490 e. The first kappa shape index (κ1) is 19.5. The summed E-state index contributed by atoms with van der Waals surface area (Å²) < 4.78 is 6.06. The van der Waals surface area contributed by atoms with Crippen LogP contribution in [0.25, 0.3) is 0 Å². The first-order valence-electron chi connectivity index (χ1n) is 9.38. The zero-order valence-corrected chi connectivity index (χ0v) is 16.6. The van der Waals surface area contributed by atoms with Crippen LogP contribution in [0.15, 0.2) is 36.7 Å². The van der Waals surface area contributed by atoms with Gasteiger partial charge in [-0.25, -0.2) is 4.79 Å². The number of aryl methyl sites for hydroxylation is 2. The molecule has 1 fully saturated rings.